The molecule has 3 aromatic rings. The molecule has 1 aromatic carbocycles. The zero-order chi connectivity index (χ0) is 20.2. The molecule has 1 aliphatic rings. The van der Waals surface area contributed by atoms with E-state index in [1.54, 1.807) is 4.68 Å². The average Bonchev–Trinajstić information content (AvgIpc) is 3.20. The Balaban J connectivity index is 1.49. The van der Waals surface area contributed by atoms with Crippen LogP contribution in [0.3, 0.4) is 0 Å². The number of amides is 1. The van der Waals surface area contributed by atoms with E-state index in [9.17, 15) is 4.79 Å². The van der Waals surface area contributed by atoms with E-state index in [0.717, 1.165) is 55.5 Å². The molecule has 2 aromatic heterocycles. The minimum absolute atomic E-state index is 0.0814. The van der Waals surface area contributed by atoms with Crippen molar-refractivity contribution in [3.63, 3.8) is 0 Å². The highest BCUT2D eigenvalue weighted by molar-refractivity contribution is 6.30. The average molecular weight is 412 g/mol. The quantitative estimate of drug-likeness (QED) is 0.494. The molecule has 0 unspecified atom stereocenters. The van der Waals surface area contributed by atoms with Gasteiger partial charge in [-0.15, -0.1) is 0 Å². The summed E-state index contributed by atoms with van der Waals surface area (Å²) in [5, 5.41) is 12.7. The van der Waals surface area contributed by atoms with E-state index in [-0.39, 0.29) is 5.91 Å². The lowest BCUT2D eigenvalue weighted by Crippen LogP contribution is -2.26. The van der Waals surface area contributed by atoms with Gasteiger partial charge < -0.3 is 5.32 Å². The third kappa shape index (κ3) is 4.53. The molecule has 1 N–H and O–H groups in total. The molecule has 0 aliphatic heterocycles. The summed E-state index contributed by atoms with van der Waals surface area (Å²) in [6.07, 6.45) is 10.9. The maximum Gasteiger partial charge on any atom is 0.272 e. The Labute approximate surface area is 175 Å². The number of carbonyl (C=O) groups excluding carboxylic acids is 1. The second-order valence-corrected chi connectivity index (χ2v) is 8.04. The van der Waals surface area contributed by atoms with Gasteiger partial charge in [0.1, 0.15) is 0 Å². The van der Waals surface area contributed by atoms with Crippen molar-refractivity contribution in [1.29, 1.82) is 0 Å². The van der Waals surface area contributed by atoms with E-state index in [0.29, 0.717) is 17.3 Å². The molecule has 0 atom stereocenters. The van der Waals surface area contributed by atoms with Gasteiger partial charge in [-0.3, -0.25) is 9.48 Å². The molecule has 0 spiro atoms. The fraction of sp³-hybridized carbons (Fsp3) is 0.409. The standard InChI is InChI=1S/C22H26ClN5O/c1-27-15-16(14-25-27)6-5-13-24-22(29)21-19-7-3-2-4-8-20(19)28(26-21)18-11-9-17(23)10-12-18/h9-12,14-15H,2-8,13H2,1H3,(H,24,29). The lowest BCUT2D eigenvalue weighted by Gasteiger charge is -2.07. The van der Waals surface area contributed by atoms with Gasteiger partial charge in [0.05, 0.1) is 11.9 Å². The Morgan fingerprint density at radius 3 is 2.72 bits per heavy atom. The first-order valence-corrected chi connectivity index (χ1v) is 10.6. The number of aromatic nitrogens is 4. The van der Waals surface area contributed by atoms with Crippen LogP contribution >= 0.6 is 11.6 Å². The lowest BCUT2D eigenvalue weighted by molar-refractivity contribution is 0.0947. The van der Waals surface area contributed by atoms with Gasteiger partial charge in [0.2, 0.25) is 0 Å². The van der Waals surface area contributed by atoms with Gasteiger partial charge in [-0.25, -0.2) is 4.68 Å². The molecule has 0 fully saturated rings. The highest BCUT2D eigenvalue weighted by Crippen LogP contribution is 2.27. The van der Waals surface area contributed by atoms with Crippen molar-refractivity contribution in [3.8, 4) is 5.69 Å². The van der Waals surface area contributed by atoms with Crippen molar-refractivity contribution in [2.45, 2.75) is 44.9 Å². The van der Waals surface area contributed by atoms with Crippen molar-refractivity contribution in [3.05, 3.63) is 64.2 Å². The normalized spacial score (nSPS) is 13.7. The first-order chi connectivity index (χ1) is 14.1. The summed E-state index contributed by atoms with van der Waals surface area (Å²) in [4.78, 5) is 12.9. The summed E-state index contributed by atoms with van der Waals surface area (Å²) in [5.41, 5.74) is 4.96. The van der Waals surface area contributed by atoms with Crippen LogP contribution < -0.4 is 5.32 Å². The second kappa shape index (κ2) is 8.82. The minimum atomic E-state index is -0.0814. The smallest absolute Gasteiger partial charge is 0.272 e. The van der Waals surface area contributed by atoms with Crippen LogP contribution in [0.15, 0.2) is 36.7 Å². The number of hydrogen-bond acceptors (Lipinski definition) is 3. The van der Waals surface area contributed by atoms with Crippen molar-refractivity contribution in [1.82, 2.24) is 24.9 Å². The van der Waals surface area contributed by atoms with Crippen molar-refractivity contribution >= 4 is 17.5 Å². The van der Waals surface area contributed by atoms with E-state index in [4.69, 9.17) is 16.7 Å². The van der Waals surface area contributed by atoms with E-state index >= 15 is 0 Å². The number of aryl methyl sites for hydroxylation is 2. The Bertz CT molecular complexity index is 989. The molecule has 2 heterocycles. The Hall–Kier alpha value is -2.60. The summed E-state index contributed by atoms with van der Waals surface area (Å²) >= 11 is 6.04. The van der Waals surface area contributed by atoms with Crippen LogP contribution in [-0.2, 0) is 26.3 Å². The largest absolute Gasteiger partial charge is 0.351 e. The monoisotopic (exact) mass is 411 g/mol. The molecule has 152 valence electrons. The van der Waals surface area contributed by atoms with E-state index in [1.807, 2.05) is 48.4 Å². The SMILES string of the molecule is Cn1cc(CCCNC(=O)c2nn(-c3ccc(Cl)cc3)c3c2CCCCC3)cn1. The zero-order valence-electron chi connectivity index (χ0n) is 16.7. The fourth-order valence-electron chi connectivity index (χ4n) is 3.93. The van der Waals surface area contributed by atoms with Crippen LogP contribution in [-0.4, -0.2) is 32.0 Å². The maximum absolute atomic E-state index is 12.9. The Morgan fingerprint density at radius 1 is 1.17 bits per heavy atom. The Morgan fingerprint density at radius 2 is 1.97 bits per heavy atom. The summed E-state index contributed by atoms with van der Waals surface area (Å²) in [5.74, 6) is -0.0814. The van der Waals surface area contributed by atoms with Gasteiger partial charge >= 0.3 is 0 Å². The van der Waals surface area contributed by atoms with Gasteiger partial charge in [-0.05, 0) is 68.4 Å². The Kier molecular flexibility index (Phi) is 6.00. The molecular formula is C22H26ClN5O. The maximum atomic E-state index is 12.9. The van der Waals surface area contributed by atoms with Crippen LogP contribution in [0.2, 0.25) is 5.02 Å². The van der Waals surface area contributed by atoms with Gasteiger partial charge in [0.25, 0.3) is 5.91 Å². The van der Waals surface area contributed by atoms with Gasteiger partial charge in [0.15, 0.2) is 5.69 Å². The molecule has 0 bridgehead atoms. The van der Waals surface area contributed by atoms with Crippen molar-refractivity contribution in [2.24, 2.45) is 7.05 Å². The summed E-state index contributed by atoms with van der Waals surface area (Å²) in [6.45, 7) is 0.621. The molecule has 1 amide bonds. The lowest BCUT2D eigenvalue weighted by atomic mass is 10.1. The third-order valence-electron chi connectivity index (χ3n) is 5.40. The topological polar surface area (TPSA) is 64.7 Å². The highest BCUT2D eigenvalue weighted by atomic mass is 35.5. The van der Waals surface area contributed by atoms with Crippen LogP contribution in [0.5, 0.6) is 0 Å². The highest BCUT2D eigenvalue weighted by Gasteiger charge is 2.24. The van der Waals surface area contributed by atoms with Crippen molar-refractivity contribution in [2.75, 3.05) is 6.54 Å². The number of rotatable bonds is 6. The van der Waals surface area contributed by atoms with E-state index < -0.39 is 0 Å². The first kappa shape index (κ1) is 19.7. The summed E-state index contributed by atoms with van der Waals surface area (Å²) in [7, 11) is 1.91. The summed E-state index contributed by atoms with van der Waals surface area (Å²) in [6, 6.07) is 7.63. The number of fused-ring (bicyclic) bond motifs is 1. The van der Waals surface area contributed by atoms with E-state index in [2.05, 4.69) is 10.4 Å². The third-order valence-corrected chi connectivity index (χ3v) is 5.65. The number of nitrogens with zero attached hydrogens (tertiary/aromatic N) is 4. The molecule has 0 saturated heterocycles. The van der Waals surface area contributed by atoms with E-state index in [1.165, 1.54) is 12.0 Å². The molecular weight excluding hydrogens is 386 g/mol. The van der Waals surface area contributed by atoms with Crippen molar-refractivity contribution < 1.29 is 4.79 Å². The molecule has 0 saturated carbocycles. The first-order valence-electron chi connectivity index (χ1n) is 10.2. The van der Waals surface area contributed by atoms with Crippen LogP contribution in [0, 0.1) is 0 Å². The number of hydrogen-bond donors (Lipinski definition) is 1. The van der Waals surface area contributed by atoms with Crippen LogP contribution in [0.25, 0.3) is 5.69 Å². The second-order valence-electron chi connectivity index (χ2n) is 7.60. The molecule has 1 aliphatic carbocycles. The number of halogens is 1. The van der Waals surface area contributed by atoms with Gasteiger partial charge in [-0.2, -0.15) is 10.2 Å². The molecule has 7 heteroatoms. The predicted molar refractivity (Wildman–Crippen MR) is 114 cm³/mol. The number of nitrogens with one attached hydrogen (secondary N) is 1. The fourth-order valence-corrected chi connectivity index (χ4v) is 4.06. The minimum Gasteiger partial charge on any atom is -0.351 e. The molecule has 0 radical (unpaired) electrons. The van der Waals surface area contributed by atoms with Gasteiger partial charge in [0, 0.05) is 36.1 Å². The molecule has 4 rings (SSSR count). The van der Waals surface area contributed by atoms with Crippen LogP contribution in [0.4, 0.5) is 0 Å². The number of benzene rings is 1. The zero-order valence-corrected chi connectivity index (χ0v) is 17.5. The molecule has 29 heavy (non-hydrogen) atoms. The predicted octanol–water partition coefficient (Wildman–Crippen LogP) is 3.89. The van der Waals surface area contributed by atoms with Crippen LogP contribution in [0.1, 0.15) is 53.0 Å². The van der Waals surface area contributed by atoms with Gasteiger partial charge in [-0.1, -0.05) is 18.0 Å². The number of carbonyl (C=O) groups is 1. The summed E-state index contributed by atoms with van der Waals surface area (Å²) < 4.78 is 3.73. The molecule has 6 nitrogen and oxygen atoms in total.